The summed E-state index contributed by atoms with van der Waals surface area (Å²) in [4.78, 5) is 25.2. The fourth-order valence-electron chi connectivity index (χ4n) is 3.39. The van der Waals surface area contributed by atoms with Crippen molar-refractivity contribution in [2.45, 2.75) is 45.4 Å². The monoisotopic (exact) mass is 282 g/mol. The fourth-order valence-corrected chi connectivity index (χ4v) is 3.39. The Bertz CT molecular complexity index is 356. The highest BCUT2D eigenvalue weighted by atomic mass is 16.3. The van der Waals surface area contributed by atoms with Crippen LogP contribution >= 0.6 is 0 Å². The Morgan fingerprint density at radius 2 is 1.85 bits per heavy atom. The summed E-state index contributed by atoms with van der Waals surface area (Å²) in [7, 11) is 0. The number of hydrogen-bond donors (Lipinski definition) is 2. The Hall–Kier alpha value is -1.10. The van der Waals surface area contributed by atoms with Crippen LogP contribution in [-0.4, -0.2) is 48.1 Å². The van der Waals surface area contributed by atoms with E-state index in [0.29, 0.717) is 19.6 Å². The second-order valence-corrected chi connectivity index (χ2v) is 6.36. The molecule has 0 bridgehead atoms. The first kappa shape index (κ1) is 15.3. The number of aliphatic hydroxyl groups is 1. The summed E-state index contributed by atoms with van der Waals surface area (Å²) in [5.41, 5.74) is -0.0876. The van der Waals surface area contributed by atoms with Crippen LogP contribution < -0.4 is 5.32 Å². The van der Waals surface area contributed by atoms with Crippen molar-refractivity contribution in [1.82, 2.24) is 10.2 Å². The average molecular weight is 282 g/mol. The summed E-state index contributed by atoms with van der Waals surface area (Å²) in [6.07, 6.45) is 5.80. The molecule has 1 heterocycles. The lowest BCUT2D eigenvalue weighted by atomic mass is 9.86. The first-order valence-corrected chi connectivity index (χ1v) is 7.70. The molecule has 1 aliphatic carbocycles. The van der Waals surface area contributed by atoms with Crippen LogP contribution in [0.15, 0.2) is 0 Å². The van der Waals surface area contributed by atoms with E-state index in [9.17, 15) is 14.7 Å². The van der Waals surface area contributed by atoms with Crippen LogP contribution in [0.3, 0.4) is 0 Å². The van der Waals surface area contributed by atoms with Crippen LogP contribution in [0.1, 0.15) is 45.4 Å². The molecule has 0 unspecified atom stereocenters. The topological polar surface area (TPSA) is 69.6 Å². The predicted molar refractivity (Wildman–Crippen MR) is 76.0 cm³/mol. The molecule has 2 fully saturated rings. The molecular formula is C15H26N2O3. The third-order valence-corrected chi connectivity index (χ3v) is 4.95. The molecule has 1 saturated heterocycles. The minimum absolute atomic E-state index is 0.0164. The van der Waals surface area contributed by atoms with E-state index in [4.69, 9.17) is 0 Å². The van der Waals surface area contributed by atoms with Crippen LogP contribution in [-0.2, 0) is 9.59 Å². The number of carbonyl (C=O) groups excluding carboxylic acids is 2. The van der Waals surface area contributed by atoms with Crippen molar-refractivity contribution in [3.05, 3.63) is 0 Å². The summed E-state index contributed by atoms with van der Waals surface area (Å²) in [6, 6.07) is 0. The van der Waals surface area contributed by atoms with Gasteiger partial charge in [0.2, 0.25) is 11.8 Å². The first-order valence-electron chi connectivity index (χ1n) is 7.70. The van der Waals surface area contributed by atoms with Gasteiger partial charge in [0.25, 0.3) is 0 Å². The third kappa shape index (κ3) is 3.51. The third-order valence-electron chi connectivity index (χ3n) is 4.95. The second-order valence-electron chi connectivity index (χ2n) is 6.36. The Labute approximate surface area is 120 Å². The first-order chi connectivity index (χ1) is 9.56. The van der Waals surface area contributed by atoms with E-state index in [1.165, 1.54) is 0 Å². The van der Waals surface area contributed by atoms with Gasteiger partial charge >= 0.3 is 0 Å². The minimum Gasteiger partial charge on any atom is -0.396 e. The SMILES string of the molecule is CC(=O)N1CCC(C(=O)NCC2(CO)CCCC2)CC1. The zero-order chi connectivity index (χ0) is 14.6. The van der Waals surface area contributed by atoms with Gasteiger partial charge in [-0.3, -0.25) is 9.59 Å². The fraction of sp³-hybridized carbons (Fsp3) is 0.867. The average Bonchev–Trinajstić information content (AvgIpc) is 2.94. The molecule has 20 heavy (non-hydrogen) atoms. The smallest absolute Gasteiger partial charge is 0.223 e. The molecule has 5 heteroatoms. The number of nitrogens with zero attached hydrogens (tertiary/aromatic N) is 1. The lowest BCUT2D eigenvalue weighted by Crippen LogP contribution is -2.45. The van der Waals surface area contributed by atoms with Gasteiger partial charge in [-0.1, -0.05) is 12.8 Å². The number of rotatable bonds is 4. The number of amides is 2. The van der Waals surface area contributed by atoms with E-state index in [1.807, 2.05) is 0 Å². The predicted octanol–water partition coefficient (Wildman–Crippen LogP) is 0.914. The minimum atomic E-state index is -0.0876. The molecule has 1 aliphatic heterocycles. The maximum Gasteiger partial charge on any atom is 0.223 e. The van der Waals surface area contributed by atoms with Crippen LogP contribution in [0, 0.1) is 11.3 Å². The highest BCUT2D eigenvalue weighted by Gasteiger charge is 2.34. The van der Waals surface area contributed by atoms with Crippen molar-refractivity contribution in [3.8, 4) is 0 Å². The molecule has 0 aromatic heterocycles. The maximum atomic E-state index is 12.2. The summed E-state index contributed by atoms with van der Waals surface area (Å²) < 4.78 is 0. The van der Waals surface area contributed by atoms with E-state index in [-0.39, 0.29) is 29.8 Å². The lowest BCUT2D eigenvalue weighted by Gasteiger charge is -2.32. The van der Waals surface area contributed by atoms with Gasteiger partial charge in [-0.25, -0.2) is 0 Å². The van der Waals surface area contributed by atoms with Crippen molar-refractivity contribution in [3.63, 3.8) is 0 Å². The number of hydrogen-bond acceptors (Lipinski definition) is 3. The standard InChI is InChI=1S/C15H26N2O3/c1-12(19)17-8-4-13(5-9-17)14(20)16-10-15(11-18)6-2-3-7-15/h13,18H,2-11H2,1H3,(H,16,20). The zero-order valence-electron chi connectivity index (χ0n) is 12.4. The van der Waals surface area contributed by atoms with Gasteiger partial charge in [0, 0.05) is 37.9 Å². The van der Waals surface area contributed by atoms with E-state index in [0.717, 1.165) is 38.5 Å². The number of likely N-dealkylation sites (tertiary alicyclic amines) is 1. The van der Waals surface area contributed by atoms with E-state index < -0.39 is 0 Å². The van der Waals surface area contributed by atoms with Gasteiger partial charge in [0.05, 0.1) is 6.61 Å². The molecule has 0 radical (unpaired) electrons. The number of piperidine rings is 1. The Kier molecular flexibility index (Phi) is 5.02. The Morgan fingerprint density at radius 3 is 2.35 bits per heavy atom. The van der Waals surface area contributed by atoms with Crippen LogP contribution in [0.5, 0.6) is 0 Å². The van der Waals surface area contributed by atoms with Gasteiger partial charge in [0.15, 0.2) is 0 Å². The van der Waals surface area contributed by atoms with Gasteiger partial charge in [-0.2, -0.15) is 0 Å². The van der Waals surface area contributed by atoms with Gasteiger partial charge < -0.3 is 15.3 Å². The van der Waals surface area contributed by atoms with Gasteiger partial charge in [-0.05, 0) is 25.7 Å². The molecule has 0 atom stereocenters. The Balaban J connectivity index is 1.77. The summed E-state index contributed by atoms with van der Waals surface area (Å²) >= 11 is 0. The van der Waals surface area contributed by atoms with Crippen molar-refractivity contribution >= 4 is 11.8 Å². The second kappa shape index (κ2) is 6.57. The summed E-state index contributed by atoms with van der Waals surface area (Å²) in [5.74, 6) is 0.199. The van der Waals surface area contributed by atoms with E-state index in [1.54, 1.807) is 11.8 Å². The molecule has 2 aliphatic rings. The van der Waals surface area contributed by atoms with Crippen molar-refractivity contribution in [2.75, 3.05) is 26.2 Å². The van der Waals surface area contributed by atoms with Gasteiger partial charge in [-0.15, -0.1) is 0 Å². The highest BCUT2D eigenvalue weighted by molar-refractivity contribution is 5.79. The van der Waals surface area contributed by atoms with E-state index in [2.05, 4.69) is 5.32 Å². The zero-order valence-corrected chi connectivity index (χ0v) is 12.4. The normalized spacial score (nSPS) is 22.8. The molecule has 114 valence electrons. The summed E-state index contributed by atoms with van der Waals surface area (Å²) in [6.45, 7) is 3.69. The molecular weight excluding hydrogens is 256 g/mol. The number of nitrogens with one attached hydrogen (secondary N) is 1. The van der Waals surface area contributed by atoms with E-state index >= 15 is 0 Å². The Morgan fingerprint density at radius 1 is 1.25 bits per heavy atom. The van der Waals surface area contributed by atoms with Crippen LogP contribution in [0.25, 0.3) is 0 Å². The molecule has 2 rings (SSSR count). The molecule has 2 amide bonds. The van der Waals surface area contributed by atoms with Gasteiger partial charge in [0.1, 0.15) is 0 Å². The van der Waals surface area contributed by atoms with Crippen molar-refractivity contribution < 1.29 is 14.7 Å². The molecule has 0 aromatic rings. The van der Waals surface area contributed by atoms with Crippen LogP contribution in [0.2, 0.25) is 0 Å². The summed E-state index contributed by atoms with van der Waals surface area (Å²) in [5, 5.41) is 12.6. The molecule has 0 aromatic carbocycles. The highest BCUT2D eigenvalue weighted by Crippen LogP contribution is 2.37. The maximum absolute atomic E-state index is 12.2. The molecule has 5 nitrogen and oxygen atoms in total. The van der Waals surface area contributed by atoms with Crippen LogP contribution in [0.4, 0.5) is 0 Å². The molecule has 0 spiro atoms. The number of aliphatic hydroxyl groups excluding tert-OH is 1. The van der Waals surface area contributed by atoms with Crippen molar-refractivity contribution in [1.29, 1.82) is 0 Å². The molecule has 1 saturated carbocycles. The lowest BCUT2D eigenvalue weighted by molar-refractivity contribution is -0.134. The quantitative estimate of drug-likeness (QED) is 0.805. The number of carbonyl (C=O) groups is 2. The van der Waals surface area contributed by atoms with Crippen molar-refractivity contribution in [2.24, 2.45) is 11.3 Å². The largest absolute Gasteiger partial charge is 0.396 e. The molecule has 2 N–H and O–H groups in total.